The monoisotopic (exact) mass is 390 g/mol. The summed E-state index contributed by atoms with van der Waals surface area (Å²) >= 11 is 0. The fourth-order valence-corrected chi connectivity index (χ4v) is 2.79. The number of pyridine rings is 1. The van der Waals surface area contributed by atoms with E-state index in [1.807, 2.05) is 0 Å². The van der Waals surface area contributed by atoms with Gasteiger partial charge in [0.25, 0.3) is 5.56 Å². The lowest BCUT2D eigenvalue weighted by Gasteiger charge is -2.26. The average Bonchev–Trinajstić information content (AvgIpc) is 2.65. The molecule has 7 nitrogen and oxygen atoms in total. The zero-order valence-electron chi connectivity index (χ0n) is 15.8. The molecule has 0 aliphatic carbocycles. The second-order valence-corrected chi connectivity index (χ2v) is 7.44. The molecule has 0 spiro atoms. The van der Waals surface area contributed by atoms with E-state index in [0.29, 0.717) is 24.5 Å². The molecule has 0 unspecified atom stereocenters. The molecule has 1 aliphatic rings. The summed E-state index contributed by atoms with van der Waals surface area (Å²) in [5, 5.41) is 8.77. The predicted molar refractivity (Wildman–Crippen MR) is 99.7 cm³/mol. The van der Waals surface area contributed by atoms with E-state index in [1.165, 1.54) is 10.6 Å². The molecule has 28 heavy (non-hydrogen) atoms. The minimum atomic E-state index is -0.898. The number of hydroxylamine groups is 1. The number of hydrogen-bond acceptors (Lipinski definition) is 5. The summed E-state index contributed by atoms with van der Waals surface area (Å²) in [5.74, 6) is -0.436. The Balaban J connectivity index is 1.74. The van der Waals surface area contributed by atoms with Crippen LogP contribution in [0.3, 0.4) is 0 Å². The van der Waals surface area contributed by atoms with Crippen molar-refractivity contribution in [3.8, 4) is 16.9 Å². The van der Waals surface area contributed by atoms with Crippen LogP contribution in [0.15, 0.2) is 41.3 Å². The summed E-state index contributed by atoms with van der Waals surface area (Å²) in [6.07, 6.45) is 1.44. The molecule has 2 N–H and O–H groups in total. The summed E-state index contributed by atoms with van der Waals surface area (Å²) < 4.78 is 26.6. The topological polar surface area (TPSA) is 89.8 Å². The molecule has 0 saturated carbocycles. The zero-order chi connectivity index (χ0) is 20.3. The van der Waals surface area contributed by atoms with Crippen molar-refractivity contribution in [2.24, 2.45) is 5.41 Å². The Labute approximate surface area is 161 Å². The molecule has 1 aliphatic heterocycles. The Morgan fingerprint density at radius 3 is 2.61 bits per heavy atom. The number of amides is 1. The highest BCUT2D eigenvalue weighted by Gasteiger charge is 2.27. The fraction of sp³-hybridized carbons (Fsp3) is 0.400. The second-order valence-electron chi connectivity index (χ2n) is 7.44. The van der Waals surface area contributed by atoms with Gasteiger partial charge in [-0.2, -0.15) is 0 Å². The van der Waals surface area contributed by atoms with Crippen LogP contribution in [0.25, 0.3) is 11.1 Å². The summed E-state index contributed by atoms with van der Waals surface area (Å²) in [6.45, 7) is 4.53. The smallest absolute Gasteiger partial charge is 0.251 e. The van der Waals surface area contributed by atoms with Gasteiger partial charge in [-0.05, 0) is 24.1 Å². The third-order valence-electron chi connectivity index (χ3n) is 4.85. The van der Waals surface area contributed by atoms with E-state index in [0.717, 1.165) is 6.20 Å². The predicted octanol–water partition coefficient (Wildman–Crippen LogP) is 2.35. The molecule has 0 radical (unpaired) electrons. The molecule has 2 aromatic rings. The largest absolute Gasteiger partial charge is 0.486 e. The number of aromatic nitrogens is 1. The lowest BCUT2D eigenvalue weighted by atomic mass is 9.88. The van der Waals surface area contributed by atoms with Crippen molar-refractivity contribution in [2.45, 2.75) is 32.9 Å². The number of carbonyl (C=O) groups is 1. The van der Waals surface area contributed by atoms with Gasteiger partial charge < -0.3 is 14.0 Å². The van der Waals surface area contributed by atoms with Crippen LogP contribution in [0.1, 0.15) is 20.3 Å². The van der Waals surface area contributed by atoms with E-state index in [9.17, 15) is 14.0 Å². The third kappa shape index (κ3) is 4.40. The van der Waals surface area contributed by atoms with E-state index < -0.39 is 17.1 Å². The quantitative estimate of drug-likeness (QED) is 0.560. The third-order valence-corrected chi connectivity index (χ3v) is 4.85. The number of hydrogen-bond donors (Lipinski definition) is 2. The highest BCUT2D eigenvalue weighted by Crippen LogP contribution is 2.26. The Morgan fingerprint density at radius 2 is 2.04 bits per heavy atom. The van der Waals surface area contributed by atoms with E-state index in [1.54, 1.807) is 43.6 Å². The van der Waals surface area contributed by atoms with Crippen LogP contribution in [0, 0.1) is 11.2 Å². The van der Waals surface area contributed by atoms with Gasteiger partial charge in [-0.1, -0.05) is 26.0 Å². The number of nitrogens with one attached hydrogen (secondary N) is 1. The SMILES string of the molecule is CC(C)(CCn1cc(F)c(-c2ccc(OC3COC3)cc2)cc1=O)C(=O)NO. The number of ether oxygens (including phenoxy) is 2. The van der Waals surface area contributed by atoms with Crippen LogP contribution in [0.2, 0.25) is 0 Å². The standard InChI is InChI=1S/C20H23FN2O5/c1-20(2,19(25)22-26)7-8-23-10-17(21)16(9-18(23)24)13-3-5-14(6-4-13)28-15-11-27-12-15/h3-6,9-10,15,26H,7-8,11-12H2,1-2H3,(H,22,25). The van der Waals surface area contributed by atoms with Crippen molar-refractivity contribution in [1.82, 2.24) is 10.0 Å². The maximum absolute atomic E-state index is 14.6. The number of carbonyl (C=O) groups excluding carboxylic acids is 1. The maximum atomic E-state index is 14.6. The molecule has 2 heterocycles. The van der Waals surface area contributed by atoms with Gasteiger partial charge >= 0.3 is 0 Å². The van der Waals surface area contributed by atoms with Crippen LogP contribution >= 0.6 is 0 Å². The van der Waals surface area contributed by atoms with E-state index in [4.69, 9.17) is 14.7 Å². The number of aryl methyl sites for hydroxylation is 1. The molecule has 1 fully saturated rings. The fourth-order valence-electron chi connectivity index (χ4n) is 2.79. The summed E-state index contributed by atoms with van der Waals surface area (Å²) in [5.41, 5.74) is 1.10. The maximum Gasteiger partial charge on any atom is 0.251 e. The first kappa shape index (κ1) is 20.0. The normalized spacial score (nSPS) is 14.4. The Bertz CT molecular complexity index is 904. The van der Waals surface area contributed by atoms with E-state index in [2.05, 4.69) is 0 Å². The molecule has 1 aromatic heterocycles. The van der Waals surface area contributed by atoms with Gasteiger partial charge in [-0.25, -0.2) is 9.87 Å². The van der Waals surface area contributed by atoms with E-state index in [-0.39, 0.29) is 30.2 Å². The summed E-state index contributed by atoms with van der Waals surface area (Å²) in [6, 6.07) is 8.10. The molecule has 1 aromatic carbocycles. The molecular formula is C20H23FN2O5. The van der Waals surface area contributed by atoms with Crippen LogP contribution in [-0.2, 0) is 16.1 Å². The number of rotatable bonds is 7. The molecule has 150 valence electrons. The molecule has 8 heteroatoms. The van der Waals surface area contributed by atoms with E-state index >= 15 is 0 Å². The minimum Gasteiger partial charge on any atom is -0.486 e. The lowest BCUT2D eigenvalue weighted by Crippen LogP contribution is -2.38. The number of benzene rings is 1. The first-order chi connectivity index (χ1) is 13.3. The Morgan fingerprint density at radius 1 is 1.36 bits per heavy atom. The van der Waals surface area contributed by atoms with Gasteiger partial charge in [0.15, 0.2) is 0 Å². The zero-order valence-corrected chi connectivity index (χ0v) is 15.8. The van der Waals surface area contributed by atoms with Gasteiger partial charge in [0.05, 0.1) is 13.2 Å². The van der Waals surface area contributed by atoms with Gasteiger partial charge in [0.2, 0.25) is 5.91 Å². The molecular weight excluding hydrogens is 367 g/mol. The van der Waals surface area contributed by atoms with Crippen molar-refractivity contribution in [3.05, 3.63) is 52.7 Å². The Kier molecular flexibility index (Phi) is 5.81. The number of nitrogens with zero attached hydrogens (tertiary/aromatic N) is 1. The first-order valence-corrected chi connectivity index (χ1v) is 8.99. The van der Waals surface area contributed by atoms with Gasteiger partial charge in [0.1, 0.15) is 17.7 Å². The molecule has 3 rings (SSSR count). The number of halogens is 1. The lowest BCUT2D eigenvalue weighted by molar-refractivity contribution is -0.138. The van der Waals surface area contributed by atoms with Gasteiger partial charge in [-0.3, -0.25) is 14.8 Å². The summed E-state index contributed by atoms with van der Waals surface area (Å²) in [4.78, 5) is 24.0. The Hall–Kier alpha value is -2.71. The summed E-state index contributed by atoms with van der Waals surface area (Å²) in [7, 11) is 0. The second kappa shape index (κ2) is 8.12. The highest BCUT2D eigenvalue weighted by atomic mass is 19.1. The van der Waals surface area contributed by atoms with Crippen LogP contribution in [-0.4, -0.2) is 35.0 Å². The van der Waals surface area contributed by atoms with Gasteiger partial charge in [0, 0.05) is 29.8 Å². The van der Waals surface area contributed by atoms with Crippen molar-refractivity contribution in [3.63, 3.8) is 0 Å². The molecule has 1 amide bonds. The van der Waals surface area contributed by atoms with Crippen molar-refractivity contribution >= 4 is 5.91 Å². The van der Waals surface area contributed by atoms with Crippen LogP contribution in [0.4, 0.5) is 4.39 Å². The van der Waals surface area contributed by atoms with Crippen LogP contribution in [0.5, 0.6) is 5.75 Å². The molecule has 0 bridgehead atoms. The highest BCUT2D eigenvalue weighted by molar-refractivity contribution is 5.80. The van der Waals surface area contributed by atoms with Gasteiger partial charge in [-0.15, -0.1) is 0 Å². The molecule has 1 saturated heterocycles. The van der Waals surface area contributed by atoms with Crippen molar-refractivity contribution < 1.29 is 23.9 Å². The van der Waals surface area contributed by atoms with Crippen molar-refractivity contribution in [1.29, 1.82) is 0 Å². The van der Waals surface area contributed by atoms with Crippen LogP contribution < -0.4 is 15.8 Å². The average molecular weight is 390 g/mol. The minimum absolute atomic E-state index is 0.0451. The first-order valence-electron chi connectivity index (χ1n) is 8.99. The molecule has 0 atom stereocenters. The van der Waals surface area contributed by atoms with Crippen molar-refractivity contribution in [2.75, 3.05) is 13.2 Å².